The first-order chi connectivity index (χ1) is 54.3. The predicted molar refractivity (Wildman–Crippen MR) is 450 cm³/mol. The number of fused-ring (bicyclic) bond motifs is 5. The molecule has 3 aromatic heterocycles. The molecule has 7 nitrogen and oxygen atoms in total. The maximum Gasteiger partial charge on any atom is 0.136 e. The molecule has 0 saturated heterocycles. The van der Waals surface area contributed by atoms with E-state index in [-0.39, 0.29) is 0 Å². The first-order valence-corrected chi connectivity index (χ1v) is 36.9. The second-order valence-electron chi connectivity index (χ2n) is 28.7. The first kappa shape index (κ1) is 62.2. The molecule has 0 fully saturated rings. The third kappa shape index (κ3) is 10.1. The number of aromatic nitrogens is 3. The second kappa shape index (κ2) is 24.7. The van der Waals surface area contributed by atoms with Crippen LogP contribution < -0.4 is 9.47 Å². The van der Waals surface area contributed by atoms with Gasteiger partial charge in [-0.05, 0) is 275 Å². The van der Waals surface area contributed by atoms with Crippen LogP contribution in [0.3, 0.4) is 0 Å². The summed E-state index contributed by atoms with van der Waals surface area (Å²) in [6, 6.07) is 121. The summed E-state index contributed by atoms with van der Waals surface area (Å²) in [6.45, 7) is 0. The lowest BCUT2D eigenvalue weighted by Gasteiger charge is -2.22. The van der Waals surface area contributed by atoms with Gasteiger partial charge < -0.3 is 9.47 Å². The number of nitrogens with zero attached hydrogens (tertiary/aromatic N) is 5. The van der Waals surface area contributed by atoms with Gasteiger partial charge in [0, 0.05) is 62.6 Å². The molecule has 18 aromatic carbocycles. The van der Waals surface area contributed by atoms with E-state index in [4.69, 9.17) is 14.5 Å². The topological polar surface area (TPSA) is 105 Å². The minimum absolute atomic E-state index is 0.590. The molecule has 0 amide bonds. The van der Waals surface area contributed by atoms with E-state index >= 15 is 0 Å². The summed E-state index contributed by atoms with van der Waals surface area (Å²) < 4.78 is 12.7. The third-order valence-electron chi connectivity index (χ3n) is 22.6. The van der Waals surface area contributed by atoms with E-state index < -0.39 is 0 Å². The van der Waals surface area contributed by atoms with E-state index in [1.54, 1.807) is 12.4 Å². The molecular weight excluding hydrogens is 1340 g/mol. The van der Waals surface area contributed by atoms with Gasteiger partial charge in [0.25, 0.3) is 0 Å². The number of pyridine rings is 3. The van der Waals surface area contributed by atoms with E-state index in [2.05, 4.69) is 277 Å². The van der Waals surface area contributed by atoms with E-state index in [1.165, 1.54) is 104 Å². The van der Waals surface area contributed by atoms with Gasteiger partial charge in [-0.15, -0.1) is 0 Å². The Bertz CT molecular complexity index is 7390. The van der Waals surface area contributed by atoms with Crippen LogP contribution in [0.4, 0.5) is 0 Å². The zero-order valence-corrected chi connectivity index (χ0v) is 59.0. The highest BCUT2D eigenvalue weighted by molar-refractivity contribution is 6.26. The largest absolute Gasteiger partial charge is 0.456 e. The monoisotopic (exact) mass is 1400 g/mol. The highest BCUT2D eigenvalue weighted by Gasteiger charge is 2.26. The molecule has 0 aliphatic carbocycles. The van der Waals surface area contributed by atoms with Crippen molar-refractivity contribution in [2.45, 2.75) is 0 Å². The number of para-hydroxylation sites is 1. The van der Waals surface area contributed by atoms with Crippen molar-refractivity contribution in [3.05, 3.63) is 357 Å². The molecule has 0 spiro atoms. The molecule has 0 bridgehead atoms. The SMILES string of the molecule is N#Cc1ccc2c(c1)Oc1ccc(-c3ccc(-c4cc5ccc6cc(-c7ccc(-c8cccc9cccnc89)cc7)cc7ccc(c4)c5c67)cc3)c3cccc-2c13.N#Cc1ccc2c(c1)Oc1cccc3c(-c4ccc(-c5cc6ccc7cc(-c8cccc(-c9ccncc9)n8)cc8ccc(c5)c6c78)cc4)ccc-2c13. The maximum absolute atomic E-state index is 9.44. The molecule has 110 heavy (non-hydrogen) atoms. The second-order valence-corrected chi connectivity index (χ2v) is 28.7. The minimum Gasteiger partial charge on any atom is -0.456 e. The molecule has 7 heteroatoms. The van der Waals surface area contributed by atoms with Crippen LogP contribution >= 0.6 is 0 Å². The number of ether oxygens (including phenoxy) is 2. The van der Waals surface area contributed by atoms with Gasteiger partial charge in [-0.1, -0.05) is 200 Å². The lowest BCUT2D eigenvalue weighted by Crippen LogP contribution is -1.98. The number of nitriles is 2. The normalized spacial score (nSPS) is 11.9. The van der Waals surface area contributed by atoms with Crippen molar-refractivity contribution >= 4 is 97.1 Å². The summed E-state index contributed by atoms with van der Waals surface area (Å²) in [5, 5.41) is 39.6. The van der Waals surface area contributed by atoms with Crippen LogP contribution in [0, 0.1) is 22.7 Å². The van der Waals surface area contributed by atoms with Crippen molar-refractivity contribution in [3.8, 4) is 147 Å². The fraction of sp³-hybridized carbons (Fsp3) is 0. The summed E-state index contributed by atoms with van der Waals surface area (Å²) in [7, 11) is 0. The Labute approximate surface area is 632 Å². The van der Waals surface area contributed by atoms with Gasteiger partial charge in [-0.3, -0.25) is 9.97 Å². The molecule has 0 saturated carbocycles. The summed E-state index contributed by atoms with van der Waals surface area (Å²) in [4.78, 5) is 13.9. The molecule has 506 valence electrons. The Balaban J connectivity index is 0.000000136. The number of benzene rings is 18. The van der Waals surface area contributed by atoms with Crippen LogP contribution in [0.1, 0.15) is 11.1 Å². The lowest BCUT2D eigenvalue weighted by atomic mass is 9.88. The van der Waals surface area contributed by atoms with Gasteiger partial charge in [0.1, 0.15) is 23.0 Å². The van der Waals surface area contributed by atoms with E-state index in [0.29, 0.717) is 11.1 Å². The standard InChI is InChI=1S/C54H30N2O.C49H27N3O/c55-31-32-9-22-46-48-8-2-7-47-44(23-24-49(53(47)48)57-50(46)26-32)35-14-10-33(11-15-35)42-27-38-18-20-40-29-43(30-41-21-19-39(28-42)51(38)52(40)41)34-12-16-36(17-13-34)45-6-1-4-37-5-3-25-56-54(37)45;50-28-29-7-16-40-42-18-17-39(41-3-1-6-45(49(41)42)53-46(40)23-29)31-10-8-30(9-11-31)37-24-33-12-14-35-26-38(27-36-15-13-34(25-37)47(33)48(35)36)44-5-2-4-43(52-44)32-19-21-51-22-20-32/h1-30H;1-27H. The Morgan fingerprint density at radius 1 is 0.227 bits per heavy atom. The van der Waals surface area contributed by atoms with Crippen molar-refractivity contribution in [1.82, 2.24) is 15.0 Å². The van der Waals surface area contributed by atoms with Crippen LogP contribution in [-0.2, 0) is 0 Å². The van der Waals surface area contributed by atoms with E-state index in [9.17, 15) is 10.5 Å². The van der Waals surface area contributed by atoms with E-state index in [0.717, 1.165) is 128 Å². The first-order valence-electron chi connectivity index (χ1n) is 36.9. The van der Waals surface area contributed by atoms with Crippen molar-refractivity contribution < 1.29 is 9.47 Å². The van der Waals surface area contributed by atoms with Crippen LogP contribution in [0.2, 0.25) is 0 Å². The van der Waals surface area contributed by atoms with Gasteiger partial charge in [-0.2, -0.15) is 10.5 Å². The van der Waals surface area contributed by atoms with Crippen molar-refractivity contribution in [1.29, 1.82) is 10.5 Å². The number of hydrogen-bond donors (Lipinski definition) is 0. The van der Waals surface area contributed by atoms with E-state index in [1.807, 2.05) is 79.0 Å². The van der Waals surface area contributed by atoms with Crippen molar-refractivity contribution in [2.24, 2.45) is 0 Å². The minimum atomic E-state index is 0.590. The van der Waals surface area contributed by atoms with Gasteiger partial charge in [0.15, 0.2) is 0 Å². The summed E-state index contributed by atoms with van der Waals surface area (Å²) >= 11 is 0. The number of hydrogen-bond acceptors (Lipinski definition) is 7. The average Bonchev–Trinajstić information content (AvgIpc) is 0.747. The number of rotatable bonds is 8. The Morgan fingerprint density at radius 3 is 1.09 bits per heavy atom. The van der Waals surface area contributed by atoms with Crippen LogP contribution in [0.15, 0.2) is 346 Å². The van der Waals surface area contributed by atoms with Crippen LogP contribution in [0.5, 0.6) is 23.0 Å². The molecule has 0 unspecified atom stereocenters. The summed E-state index contributed by atoms with van der Waals surface area (Å²) in [5.74, 6) is 3.08. The fourth-order valence-electron chi connectivity index (χ4n) is 17.4. The van der Waals surface area contributed by atoms with Crippen molar-refractivity contribution in [2.75, 3.05) is 0 Å². The highest BCUT2D eigenvalue weighted by atomic mass is 16.5. The lowest BCUT2D eigenvalue weighted by molar-refractivity contribution is 0.486. The zero-order valence-electron chi connectivity index (χ0n) is 59.0. The zero-order chi connectivity index (χ0) is 72.7. The summed E-state index contributed by atoms with van der Waals surface area (Å²) in [5.41, 5.74) is 24.6. The molecule has 2 aliphatic rings. The van der Waals surface area contributed by atoms with Gasteiger partial charge >= 0.3 is 0 Å². The quantitative estimate of drug-likeness (QED) is 0.140. The van der Waals surface area contributed by atoms with Crippen LogP contribution in [-0.4, -0.2) is 15.0 Å². The molecule has 0 N–H and O–H groups in total. The van der Waals surface area contributed by atoms with Gasteiger partial charge in [-0.25, -0.2) is 4.98 Å². The predicted octanol–water partition coefficient (Wildman–Crippen LogP) is 27.4. The Morgan fingerprint density at radius 2 is 0.600 bits per heavy atom. The smallest absolute Gasteiger partial charge is 0.136 e. The molecule has 0 radical (unpaired) electrons. The Hall–Kier alpha value is -15.2. The fourth-order valence-corrected chi connectivity index (χ4v) is 17.4. The van der Waals surface area contributed by atoms with Gasteiger partial charge in [0.05, 0.1) is 40.2 Å². The van der Waals surface area contributed by atoms with Gasteiger partial charge in [0.2, 0.25) is 0 Å². The molecule has 0 atom stereocenters. The van der Waals surface area contributed by atoms with Crippen LogP contribution in [0.25, 0.3) is 209 Å². The molecule has 23 rings (SSSR count). The molecular formula is C103H57N5O2. The van der Waals surface area contributed by atoms with Crippen molar-refractivity contribution in [3.63, 3.8) is 0 Å². The molecule has 21 aromatic rings. The molecule has 2 aliphatic heterocycles. The third-order valence-corrected chi connectivity index (χ3v) is 22.6. The maximum atomic E-state index is 9.44. The Kier molecular flexibility index (Phi) is 14.0. The average molecular weight is 1400 g/mol. The highest BCUT2D eigenvalue weighted by Crippen LogP contribution is 2.52. The summed E-state index contributed by atoms with van der Waals surface area (Å²) in [6.07, 6.45) is 5.47. The molecule has 5 heterocycles.